The van der Waals surface area contributed by atoms with Gasteiger partial charge in [0.2, 0.25) is 5.89 Å². The minimum Gasteiger partial charge on any atom is -0.371 e. The molecule has 10 heteroatoms. The maximum absolute atomic E-state index is 12.9. The topological polar surface area (TPSA) is 106 Å². The summed E-state index contributed by atoms with van der Waals surface area (Å²) in [6, 6.07) is 12.7. The first-order chi connectivity index (χ1) is 17.5. The molecular formula is C26H26N8O2. The molecule has 2 fully saturated rings. The number of aliphatic imine (C=N–C) groups is 1. The molecule has 3 aromatic heterocycles. The van der Waals surface area contributed by atoms with Crippen LogP contribution < -0.4 is 4.90 Å². The Kier molecular flexibility index (Phi) is 5.36. The molecule has 2 aliphatic rings. The number of pyridine rings is 1. The van der Waals surface area contributed by atoms with Gasteiger partial charge in [-0.3, -0.25) is 9.78 Å². The largest absolute Gasteiger partial charge is 0.371 e. The molecule has 0 N–H and O–H groups in total. The first-order valence-electron chi connectivity index (χ1n) is 11.8. The van der Waals surface area contributed by atoms with E-state index in [1.54, 1.807) is 25.0 Å². The van der Waals surface area contributed by atoms with Crippen molar-refractivity contribution in [2.24, 2.45) is 23.9 Å². The van der Waals surface area contributed by atoms with Crippen molar-refractivity contribution in [2.75, 3.05) is 25.0 Å². The van der Waals surface area contributed by atoms with Crippen molar-refractivity contribution in [3.8, 4) is 11.1 Å². The van der Waals surface area contributed by atoms with E-state index in [1.165, 1.54) is 16.2 Å². The number of hydrogen-bond acceptors (Lipinski definition) is 8. The molecule has 1 aliphatic heterocycles. The van der Waals surface area contributed by atoms with Crippen LogP contribution >= 0.6 is 0 Å². The average molecular weight is 483 g/mol. The maximum Gasteiger partial charge on any atom is 0.274 e. The van der Waals surface area contributed by atoms with Crippen LogP contribution in [0.5, 0.6) is 0 Å². The van der Waals surface area contributed by atoms with Crippen LogP contribution in [0.1, 0.15) is 28.1 Å². The molecule has 1 aromatic carbocycles. The van der Waals surface area contributed by atoms with Gasteiger partial charge in [-0.1, -0.05) is 17.3 Å². The Morgan fingerprint density at radius 1 is 1.19 bits per heavy atom. The first-order valence-corrected chi connectivity index (χ1v) is 11.8. The number of aryl methyl sites for hydroxylation is 1. The van der Waals surface area contributed by atoms with Crippen LogP contribution in [0, 0.1) is 11.8 Å². The van der Waals surface area contributed by atoms with Crippen molar-refractivity contribution >= 4 is 24.1 Å². The number of nitrogens with zero attached hydrogens (tertiary/aromatic N) is 8. The van der Waals surface area contributed by atoms with Crippen molar-refractivity contribution in [3.05, 3.63) is 72.5 Å². The molecule has 182 valence electrons. The zero-order chi connectivity index (χ0) is 24.8. The molecule has 1 saturated heterocycles. The van der Waals surface area contributed by atoms with E-state index in [1.807, 2.05) is 24.5 Å². The van der Waals surface area contributed by atoms with Crippen molar-refractivity contribution in [2.45, 2.75) is 12.5 Å². The second-order valence-electron chi connectivity index (χ2n) is 9.44. The summed E-state index contributed by atoms with van der Waals surface area (Å²) in [6.07, 6.45) is 5.18. The summed E-state index contributed by atoms with van der Waals surface area (Å²) < 4.78 is 7.13. The molecular weight excluding hydrogens is 456 g/mol. The quantitative estimate of drug-likeness (QED) is 0.372. The number of carbonyl (C=O) groups is 1. The van der Waals surface area contributed by atoms with E-state index in [2.05, 4.69) is 61.0 Å². The summed E-state index contributed by atoms with van der Waals surface area (Å²) >= 11 is 0. The van der Waals surface area contributed by atoms with E-state index in [0.29, 0.717) is 35.2 Å². The number of carbonyl (C=O) groups excluding carboxylic acids is 1. The van der Waals surface area contributed by atoms with Crippen LogP contribution in [0.2, 0.25) is 0 Å². The highest BCUT2D eigenvalue weighted by Crippen LogP contribution is 2.58. The highest BCUT2D eigenvalue weighted by atomic mass is 16.5. The minimum atomic E-state index is -0.231. The number of piperidine rings is 1. The van der Waals surface area contributed by atoms with Gasteiger partial charge in [-0.05, 0) is 53.9 Å². The number of imidazole rings is 1. The standard InChI is InChI=1S/C26H26N8O2/c1-27-25-23(33(3)15-29-25)26(35)32(2)14-21-30-24(31-36-21)22-19-12-34(13-20(19)22)18-6-4-5-17(11-18)16-7-9-28-10-8-16/h4-11,15,19-20,22H,1,12-14H2,2-3H3/t19-,20+,22?. The molecule has 10 nitrogen and oxygen atoms in total. The lowest BCUT2D eigenvalue weighted by Crippen LogP contribution is -2.28. The summed E-state index contributed by atoms with van der Waals surface area (Å²) in [4.78, 5) is 33.5. The van der Waals surface area contributed by atoms with E-state index < -0.39 is 0 Å². The summed E-state index contributed by atoms with van der Waals surface area (Å²) in [5.41, 5.74) is 3.96. The highest BCUT2D eigenvalue weighted by molar-refractivity contribution is 5.96. The fourth-order valence-corrected chi connectivity index (χ4v) is 5.25. The van der Waals surface area contributed by atoms with Crippen LogP contribution in [-0.2, 0) is 13.6 Å². The van der Waals surface area contributed by atoms with Crippen molar-refractivity contribution in [3.63, 3.8) is 0 Å². The monoisotopic (exact) mass is 482 g/mol. The predicted octanol–water partition coefficient (Wildman–Crippen LogP) is 3.32. The van der Waals surface area contributed by atoms with Crippen LogP contribution in [0.15, 0.2) is 64.6 Å². The van der Waals surface area contributed by atoms with Gasteiger partial charge in [-0.2, -0.15) is 4.98 Å². The third-order valence-electron chi connectivity index (χ3n) is 7.19. The zero-order valence-electron chi connectivity index (χ0n) is 20.2. The Morgan fingerprint density at radius 2 is 1.97 bits per heavy atom. The lowest BCUT2D eigenvalue weighted by atomic mass is 10.1. The normalized spacial score (nSPS) is 20.3. The Balaban J connectivity index is 1.09. The van der Waals surface area contributed by atoms with Gasteiger partial charge in [0, 0.05) is 51.2 Å². The third-order valence-corrected chi connectivity index (χ3v) is 7.19. The summed E-state index contributed by atoms with van der Waals surface area (Å²) in [7, 11) is 3.44. The van der Waals surface area contributed by atoms with Gasteiger partial charge in [0.1, 0.15) is 6.54 Å². The Bertz CT molecular complexity index is 1420. The van der Waals surface area contributed by atoms with Crippen molar-refractivity contribution < 1.29 is 9.32 Å². The number of anilines is 1. The van der Waals surface area contributed by atoms with Crippen LogP contribution in [-0.4, -0.2) is 62.3 Å². The molecule has 4 aromatic rings. The van der Waals surface area contributed by atoms with Gasteiger partial charge in [0.05, 0.1) is 6.33 Å². The summed E-state index contributed by atoms with van der Waals surface area (Å²) in [5, 5.41) is 4.24. The van der Waals surface area contributed by atoms with Gasteiger partial charge < -0.3 is 18.9 Å². The number of hydrogen-bond donors (Lipinski definition) is 0. The Morgan fingerprint density at radius 3 is 2.72 bits per heavy atom. The maximum atomic E-state index is 12.9. The smallest absolute Gasteiger partial charge is 0.274 e. The van der Waals surface area contributed by atoms with Crippen LogP contribution in [0.25, 0.3) is 11.1 Å². The average Bonchev–Trinajstić information content (AvgIpc) is 3.31. The van der Waals surface area contributed by atoms with Crippen molar-refractivity contribution in [1.82, 2.24) is 29.6 Å². The van der Waals surface area contributed by atoms with E-state index in [-0.39, 0.29) is 12.5 Å². The lowest BCUT2D eigenvalue weighted by Gasteiger charge is -2.22. The van der Waals surface area contributed by atoms with Gasteiger partial charge in [-0.25, -0.2) is 9.98 Å². The Labute approximate surface area is 208 Å². The second-order valence-corrected chi connectivity index (χ2v) is 9.44. The van der Waals surface area contributed by atoms with Crippen molar-refractivity contribution in [1.29, 1.82) is 0 Å². The molecule has 4 heterocycles. The fourth-order valence-electron chi connectivity index (χ4n) is 5.25. The van der Waals surface area contributed by atoms with E-state index >= 15 is 0 Å². The zero-order valence-corrected chi connectivity index (χ0v) is 20.2. The molecule has 3 atom stereocenters. The number of fused-ring (bicyclic) bond motifs is 1. The molecule has 0 spiro atoms. The van der Waals surface area contributed by atoms with Crippen LogP contribution in [0.3, 0.4) is 0 Å². The Hall–Kier alpha value is -4.34. The van der Waals surface area contributed by atoms with Gasteiger partial charge in [-0.15, -0.1) is 0 Å². The van der Waals surface area contributed by atoms with Gasteiger partial charge in [0.15, 0.2) is 17.3 Å². The second kappa shape index (κ2) is 8.71. The predicted molar refractivity (Wildman–Crippen MR) is 134 cm³/mol. The highest BCUT2D eigenvalue weighted by Gasteiger charge is 2.58. The SMILES string of the molecule is C=Nc1ncn(C)c1C(=O)N(C)Cc1nc(C2[C@H]3CN(c4cccc(-c5ccncc5)c4)C[C@@H]23)no1. The fraction of sp³-hybridized carbons (Fsp3) is 0.308. The van der Waals surface area contributed by atoms with Gasteiger partial charge >= 0.3 is 0 Å². The summed E-state index contributed by atoms with van der Waals surface area (Å²) in [5.74, 6) is 2.55. The third kappa shape index (κ3) is 3.84. The lowest BCUT2D eigenvalue weighted by molar-refractivity contribution is 0.0761. The molecule has 36 heavy (non-hydrogen) atoms. The number of rotatable bonds is 7. The molecule has 1 amide bonds. The van der Waals surface area contributed by atoms with Crippen LogP contribution in [0.4, 0.5) is 11.5 Å². The number of aromatic nitrogens is 5. The van der Waals surface area contributed by atoms with E-state index in [9.17, 15) is 4.79 Å². The molecule has 1 unspecified atom stereocenters. The first kappa shape index (κ1) is 22.1. The summed E-state index contributed by atoms with van der Waals surface area (Å²) in [6.45, 7) is 5.63. The molecule has 1 saturated carbocycles. The molecule has 0 bridgehead atoms. The molecule has 6 rings (SSSR count). The number of amides is 1. The molecule has 1 aliphatic carbocycles. The minimum absolute atomic E-state index is 0.212. The van der Waals surface area contributed by atoms with E-state index in [4.69, 9.17) is 4.52 Å². The van der Waals surface area contributed by atoms with E-state index in [0.717, 1.165) is 24.5 Å². The molecule has 0 radical (unpaired) electrons. The van der Waals surface area contributed by atoms with Gasteiger partial charge in [0.25, 0.3) is 5.91 Å². The number of benzene rings is 1.